The monoisotopic (exact) mass is 173 g/mol. The van der Waals surface area contributed by atoms with Crippen LogP contribution in [0.3, 0.4) is 0 Å². The van der Waals surface area contributed by atoms with Gasteiger partial charge in [0.1, 0.15) is 12.1 Å². The molecule has 0 fully saturated rings. The molecular formula is C7H9F2N3. The molecule has 0 saturated heterocycles. The van der Waals surface area contributed by atoms with Crippen LogP contribution in [-0.4, -0.2) is 22.9 Å². The zero-order valence-corrected chi connectivity index (χ0v) is 6.59. The first kappa shape index (κ1) is 8.83. The standard InChI is InChI=1S/C7H9F2N3/c1-5-2-7(12-4-11-5)10-3-6(8)9/h2,4,6H,3H2,1H3,(H,10,11,12). The number of halogens is 2. The van der Waals surface area contributed by atoms with Crippen LogP contribution in [0.4, 0.5) is 14.6 Å². The third kappa shape index (κ3) is 2.77. The van der Waals surface area contributed by atoms with Crippen molar-refractivity contribution in [3.05, 3.63) is 18.1 Å². The highest BCUT2D eigenvalue weighted by Crippen LogP contribution is 2.03. The molecule has 0 aliphatic heterocycles. The van der Waals surface area contributed by atoms with E-state index in [1.54, 1.807) is 13.0 Å². The normalized spacial score (nSPS) is 10.3. The van der Waals surface area contributed by atoms with E-state index in [1.807, 2.05) is 0 Å². The minimum Gasteiger partial charge on any atom is -0.364 e. The molecular weight excluding hydrogens is 164 g/mol. The molecule has 0 saturated carbocycles. The lowest BCUT2D eigenvalue weighted by Crippen LogP contribution is -2.11. The maximum Gasteiger partial charge on any atom is 0.255 e. The van der Waals surface area contributed by atoms with E-state index in [2.05, 4.69) is 15.3 Å². The van der Waals surface area contributed by atoms with Crippen molar-refractivity contribution in [2.45, 2.75) is 13.3 Å². The molecule has 0 bridgehead atoms. The molecule has 3 nitrogen and oxygen atoms in total. The third-order valence-electron chi connectivity index (χ3n) is 1.24. The van der Waals surface area contributed by atoms with E-state index < -0.39 is 6.43 Å². The van der Waals surface area contributed by atoms with Crippen molar-refractivity contribution in [2.75, 3.05) is 11.9 Å². The molecule has 0 aliphatic carbocycles. The van der Waals surface area contributed by atoms with Crippen LogP contribution in [-0.2, 0) is 0 Å². The topological polar surface area (TPSA) is 37.8 Å². The number of nitrogens with zero attached hydrogens (tertiary/aromatic N) is 2. The summed E-state index contributed by atoms with van der Waals surface area (Å²) in [5.41, 5.74) is 0.752. The summed E-state index contributed by atoms with van der Waals surface area (Å²) in [7, 11) is 0. The molecule has 0 aliphatic rings. The second-order valence-electron chi connectivity index (χ2n) is 2.32. The van der Waals surface area contributed by atoms with Gasteiger partial charge in [-0.15, -0.1) is 0 Å². The molecule has 1 aromatic rings. The van der Waals surface area contributed by atoms with Gasteiger partial charge in [0.15, 0.2) is 0 Å². The molecule has 0 atom stereocenters. The summed E-state index contributed by atoms with van der Waals surface area (Å²) in [6.07, 6.45) is -1.02. The van der Waals surface area contributed by atoms with Crippen LogP contribution in [0.15, 0.2) is 12.4 Å². The fraction of sp³-hybridized carbons (Fsp3) is 0.429. The highest BCUT2D eigenvalue weighted by atomic mass is 19.3. The average Bonchev–Trinajstić information content (AvgIpc) is 2.01. The van der Waals surface area contributed by atoms with Gasteiger partial charge >= 0.3 is 0 Å². The Morgan fingerprint density at radius 1 is 1.50 bits per heavy atom. The minimum absolute atomic E-state index is 0.379. The van der Waals surface area contributed by atoms with Gasteiger partial charge in [-0.25, -0.2) is 18.7 Å². The number of nitrogens with one attached hydrogen (secondary N) is 1. The maximum absolute atomic E-state index is 11.7. The van der Waals surface area contributed by atoms with Crippen molar-refractivity contribution >= 4 is 5.82 Å². The number of hydrogen-bond donors (Lipinski definition) is 1. The van der Waals surface area contributed by atoms with Crippen LogP contribution >= 0.6 is 0 Å². The predicted molar refractivity (Wildman–Crippen MR) is 41.3 cm³/mol. The lowest BCUT2D eigenvalue weighted by atomic mass is 10.4. The van der Waals surface area contributed by atoms with Gasteiger partial charge in [-0.1, -0.05) is 0 Å². The minimum atomic E-state index is -2.36. The van der Waals surface area contributed by atoms with E-state index in [0.29, 0.717) is 5.82 Å². The Morgan fingerprint density at radius 2 is 2.25 bits per heavy atom. The first-order chi connectivity index (χ1) is 5.68. The van der Waals surface area contributed by atoms with Crippen LogP contribution in [0.25, 0.3) is 0 Å². The molecule has 1 rings (SSSR count). The van der Waals surface area contributed by atoms with Gasteiger partial charge < -0.3 is 5.32 Å². The van der Waals surface area contributed by atoms with E-state index >= 15 is 0 Å². The number of rotatable bonds is 3. The molecule has 1 heterocycles. The first-order valence-electron chi connectivity index (χ1n) is 3.49. The summed E-state index contributed by atoms with van der Waals surface area (Å²) in [6, 6.07) is 1.61. The van der Waals surface area contributed by atoms with E-state index in [1.165, 1.54) is 6.33 Å². The van der Waals surface area contributed by atoms with E-state index in [4.69, 9.17) is 0 Å². The van der Waals surface area contributed by atoms with Crippen LogP contribution in [0.2, 0.25) is 0 Å². The molecule has 1 N–H and O–H groups in total. The molecule has 0 aromatic carbocycles. The second kappa shape index (κ2) is 3.94. The summed E-state index contributed by atoms with van der Waals surface area (Å²) >= 11 is 0. The number of hydrogen-bond acceptors (Lipinski definition) is 3. The Bertz CT molecular complexity index is 252. The molecule has 1 aromatic heterocycles. The summed E-state index contributed by atoms with van der Waals surface area (Å²) in [5, 5.41) is 2.48. The fourth-order valence-corrected chi connectivity index (χ4v) is 0.733. The van der Waals surface area contributed by atoms with Gasteiger partial charge in [0.2, 0.25) is 0 Å². The zero-order chi connectivity index (χ0) is 8.97. The van der Waals surface area contributed by atoms with Crippen molar-refractivity contribution in [1.82, 2.24) is 9.97 Å². The Morgan fingerprint density at radius 3 is 2.83 bits per heavy atom. The lowest BCUT2D eigenvalue weighted by Gasteiger charge is -2.03. The highest BCUT2D eigenvalue weighted by Gasteiger charge is 2.01. The van der Waals surface area contributed by atoms with Crippen molar-refractivity contribution in [3.8, 4) is 0 Å². The van der Waals surface area contributed by atoms with Gasteiger partial charge in [-0.2, -0.15) is 0 Å². The SMILES string of the molecule is Cc1cc(NCC(F)F)ncn1. The smallest absolute Gasteiger partial charge is 0.255 e. The number of alkyl halides is 2. The summed E-state index contributed by atoms with van der Waals surface area (Å²) in [5.74, 6) is 0.433. The largest absolute Gasteiger partial charge is 0.364 e. The van der Waals surface area contributed by atoms with Crippen molar-refractivity contribution in [2.24, 2.45) is 0 Å². The molecule has 5 heteroatoms. The Balaban J connectivity index is 2.52. The third-order valence-corrected chi connectivity index (χ3v) is 1.24. The number of aryl methyl sites for hydroxylation is 1. The Kier molecular flexibility index (Phi) is 2.90. The van der Waals surface area contributed by atoms with Gasteiger partial charge in [-0.05, 0) is 6.92 Å². The fourth-order valence-electron chi connectivity index (χ4n) is 0.733. The predicted octanol–water partition coefficient (Wildman–Crippen LogP) is 1.46. The van der Waals surface area contributed by atoms with Crippen molar-refractivity contribution in [1.29, 1.82) is 0 Å². The van der Waals surface area contributed by atoms with Crippen molar-refractivity contribution < 1.29 is 8.78 Å². The van der Waals surface area contributed by atoms with Crippen LogP contribution in [0, 0.1) is 6.92 Å². The van der Waals surface area contributed by atoms with Gasteiger partial charge in [-0.3, -0.25) is 0 Å². The second-order valence-corrected chi connectivity index (χ2v) is 2.32. The molecule has 0 amide bonds. The molecule has 12 heavy (non-hydrogen) atoms. The summed E-state index contributed by atoms with van der Waals surface area (Å²) < 4.78 is 23.4. The zero-order valence-electron chi connectivity index (χ0n) is 6.59. The molecule has 66 valence electrons. The van der Waals surface area contributed by atoms with Gasteiger partial charge in [0.05, 0.1) is 6.54 Å². The number of anilines is 1. The lowest BCUT2D eigenvalue weighted by molar-refractivity contribution is 0.163. The molecule has 0 unspecified atom stereocenters. The maximum atomic E-state index is 11.7. The van der Waals surface area contributed by atoms with Crippen LogP contribution in [0.5, 0.6) is 0 Å². The highest BCUT2D eigenvalue weighted by molar-refractivity contribution is 5.34. The quantitative estimate of drug-likeness (QED) is 0.751. The van der Waals surface area contributed by atoms with E-state index in [0.717, 1.165) is 5.69 Å². The Hall–Kier alpha value is -1.26. The number of aromatic nitrogens is 2. The van der Waals surface area contributed by atoms with Crippen LogP contribution < -0.4 is 5.32 Å². The first-order valence-corrected chi connectivity index (χ1v) is 3.49. The molecule has 0 spiro atoms. The van der Waals surface area contributed by atoms with Gasteiger partial charge in [0.25, 0.3) is 6.43 Å². The average molecular weight is 173 g/mol. The van der Waals surface area contributed by atoms with E-state index in [9.17, 15) is 8.78 Å². The summed E-state index contributed by atoms with van der Waals surface area (Å²) in [6.45, 7) is 1.39. The van der Waals surface area contributed by atoms with Crippen molar-refractivity contribution in [3.63, 3.8) is 0 Å². The van der Waals surface area contributed by atoms with E-state index in [-0.39, 0.29) is 6.54 Å². The Labute approximate surface area is 68.8 Å². The van der Waals surface area contributed by atoms with Gasteiger partial charge in [0, 0.05) is 11.8 Å². The molecule has 0 radical (unpaired) electrons. The summed E-state index contributed by atoms with van der Waals surface area (Å²) in [4.78, 5) is 7.58. The van der Waals surface area contributed by atoms with Crippen LogP contribution in [0.1, 0.15) is 5.69 Å².